The average molecular weight is 957 g/mol. The molecule has 0 fully saturated rings. The number of isocyanates is 2. The number of nitrogens with one attached hydrogen (secondary N) is 1. The van der Waals surface area contributed by atoms with E-state index in [1.807, 2.05) is 0 Å². The van der Waals surface area contributed by atoms with Crippen LogP contribution in [0.25, 0.3) is 0 Å². The van der Waals surface area contributed by atoms with Gasteiger partial charge in [-0.25, -0.2) is 9.59 Å². The second-order valence-corrected chi connectivity index (χ2v) is 11.4. The van der Waals surface area contributed by atoms with Crippen molar-refractivity contribution >= 4 is 35.4 Å². The molecule has 8 nitrogen and oxygen atoms in total. The van der Waals surface area contributed by atoms with Crippen molar-refractivity contribution < 1.29 is 142 Å². The van der Waals surface area contributed by atoms with Gasteiger partial charge >= 0.3 is 83.2 Å². The average Bonchev–Trinajstić information content (AvgIpc) is 3.07. The zero-order valence-corrected chi connectivity index (χ0v) is 27.9. The van der Waals surface area contributed by atoms with Gasteiger partial charge in [-0.05, 0) is 18.6 Å². The van der Waals surface area contributed by atoms with Crippen molar-refractivity contribution in [2.45, 2.75) is 91.1 Å². The van der Waals surface area contributed by atoms with E-state index in [0.29, 0.717) is 19.1 Å². The first-order valence-electron chi connectivity index (χ1n) is 14.0. The number of amides is 1. The van der Waals surface area contributed by atoms with Crippen LogP contribution in [0.15, 0.2) is 16.1 Å². The summed E-state index contributed by atoms with van der Waals surface area (Å²) in [5, 5.41) is 1.17. The highest BCUT2D eigenvalue weighted by atomic mass is 19.4. The van der Waals surface area contributed by atoms with Crippen LogP contribution in [0.2, 0.25) is 0 Å². The molecule has 0 bridgehead atoms. The molecule has 0 saturated carbocycles. The Kier molecular flexibility index (Phi) is 13.7. The van der Waals surface area contributed by atoms with Crippen LogP contribution in [0.3, 0.4) is 0 Å². The molecule has 61 heavy (non-hydrogen) atoms. The minimum atomic E-state index is -9.97. The summed E-state index contributed by atoms with van der Waals surface area (Å²) in [6.45, 7) is -0.933. The van der Waals surface area contributed by atoms with Crippen LogP contribution < -0.4 is 5.32 Å². The number of ether oxygens (including phenoxy) is 1. The fourth-order valence-electron chi connectivity index (χ4n) is 4.26. The van der Waals surface area contributed by atoms with Crippen LogP contribution in [0.5, 0.6) is 0 Å². The largest absolute Gasteiger partial charge is 0.460 e. The lowest BCUT2D eigenvalue weighted by Gasteiger charge is -2.46. The molecule has 0 aliphatic carbocycles. The highest BCUT2D eigenvalue weighted by Crippen LogP contribution is 2.69. The van der Waals surface area contributed by atoms with Crippen molar-refractivity contribution in [3.63, 3.8) is 0 Å². The van der Waals surface area contributed by atoms with Crippen molar-refractivity contribution in [2.75, 3.05) is 6.73 Å². The molecular weight excluding hydrogens is 947 g/mol. The van der Waals surface area contributed by atoms with Crippen molar-refractivity contribution in [3.05, 3.63) is 22.8 Å². The van der Waals surface area contributed by atoms with E-state index in [1.54, 1.807) is 0 Å². The number of hydrogen-bond donors (Lipinski definition) is 1. The maximum Gasteiger partial charge on any atom is 0.460 e. The molecule has 1 aromatic rings. The van der Waals surface area contributed by atoms with E-state index in [-0.39, 0.29) is 6.92 Å². The molecule has 0 aliphatic heterocycles. The first-order valence-corrected chi connectivity index (χ1v) is 14.0. The lowest BCUT2D eigenvalue weighted by atomic mass is 9.82. The van der Waals surface area contributed by atoms with Crippen LogP contribution in [0.4, 0.5) is 130 Å². The predicted molar refractivity (Wildman–Crippen MR) is 135 cm³/mol. The summed E-state index contributed by atoms with van der Waals surface area (Å²) >= 11 is 0. The Hall–Kier alpha value is -4.97. The maximum atomic E-state index is 15.5. The first-order chi connectivity index (χ1) is 26.6. The Morgan fingerprint density at radius 2 is 0.852 bits per heavy atom. The third kappa shape index (κ3) is 7.36. The minimum Gasteiger partial charge on any atom is -0.445 e. The van der Waals surface area contributed by atoms with Gasteiger partial charge in [-0.2, -0.15) is 129 Å². The molecule has 0 heterocycles. The zero-order chi connectivity index (χ0) is 49.2. The van der Waals surface area contributed by atoms with Crippen molar-refractivity contribution in [1.29, 1.82) is 0 Å². The predicted octanol–water partition coefficient (Wildman–Crippen LogP) is 9.82. The third-order valence-electron chi connectivity index (χ3n) is 7.61. The van der Waals surface area contributed by atoms with E-state index >= 15 is 17.6 Å². The zero-order valence-electron chi connectivity index (χ0n) is 27.9. The molecule has 1 aromatic carbocycles. The quantitative estimate of drug-likeness (QED) is 0.0550. The first kappa shape index (κ1) is 54.0. The number of aliphatic imine (C=N–C) groups is 2. The Morgan fingerprint density at radius 3 is 1.15 bits per heavy atom. The van der Waals surface area contributed by atoms with Crippen molar-refractivity contribution in [2.24, 2.45) is 9.98 Å². The monoisotopic (exact) mass is 957 g/mol. The number of alkyl halides is 27. The molecule has 0 unspecified atom stereocenters. The number of carbonyl (C=O) groups is 2. The molecule has 1 rings (SSSR count). The summed E-state index contributed by atoms with van der Waals surface area (Å²) in [6, 6.07) is -1.03. The maximum absolute atomic E-state index is 15.5. The van der Waals surface area contributed by atoms with Gasteiger partial charge in [0.1, 0.15) is 11.4 Å². The summed E-state index contributed by atoms with van der Waals surface area (Å²) in [5.41, 5.74) is -10.8. The van der Waals surface area contributed by atoms with Crippen LogP contribution in [0, 0.1) is 6.92 Å². The number of rotatable bonds is 17. The molecule has 0 radical (unpaired) electrons. The van der Waals surface area contributed by atoms with Gasteiger partial charge in [0.05, 0.1) is 5.56 Å². The molecule has 348 valence electrons. The number of benzene rings is 1. The number of carbonyl (C=O) groups excluding carboxylic acids is 4. The second-order valence-electron chi connectivity index (χ2n) is 11.4. The van der Waals surface area contributed by atoms with Crippen LogP contribution in [-0.2, 0) is 25.0 Å². The number of esters is 1. The van der Waals surface area contributed by atoms with E-state index in [1.165, 1.54) is 5.32 Å². The molecule has 0 atom stereocenters. The number of nitrogens with zero attached hydrogens (tertiary/aromatic N) is 2. The smallest absolute Gasteiger partial charge is 0.445 e. The van der Waals surface area contributed by atoms with E-state index in [9.17, 15) is 120 Å². The highest BCUT2D eigenvalue weighted by Gasteiger charge is 3.00. The Labute approximate surface area is 314 Å². The van der Waals surface area contributed by atoms with Crippen LogP contribution in [0.1, 0.15) is 28.4 Å². The minimum absolute atomic E-state index is 0.127. The fraction of sp³-hybridized carbons (Fsp3) is 0.615. The molecule has 1 amide bonds. The molecule has 0 spiro atoms. The number of halogens is 27. The standard InChI is InChI=1S/C26H10F27N3O5/c1-7-11(13(60)56-6-61-8(2)59)9(3-10(54-4-57)12(7)55-5-58)14(27,28)15(29,30)16(31,32)17(33,34)18(35,36)19(37,38)20(39,40)21(41,42)22(43,44)23(45,46)24(47,48)25(49,50)26(51,52)53/h3H,6H2,1-2H3,(H,56,60). The fourth-order valence-corrected chi connectivity index (χ4v) is 4.26. The van der Waals surface area contributed by atoms with Gasteiger partial charge in [0.2, 0.25) is 12.2 Å². The summed E-state index contributed by atoms with van der Waals surface area (Å²) in [7, 11) is 0. The van der Waals surface area contributed by atoms with Gasteiger partial charge < -0.3 is 10.1 Å². The number of hydrogen-bond acceptors (Lipinski definition) is 7. The van der Waals surface area contributed by atoms with Gasteiger partial charge in [-0.1, -0.05) is 0 Å². The van der Waals surface area contributed by atoms with E-state index < -0.39 is 130 Å². The van der Waals surface area contributed by atoms with Crippen molar-refractivity contribution in [1.82, 2.24) is 5.32 Å². The molecule has 0 aromatic heterocycles. The summed E-state index contributed by atoms with van der Waals surface area (Å²) in [4.78, 5) is 50.1. The van der Waals surface area contributed by atoms with Gasteiger partial charge in [-0.15, -0.1) is 0 Å². The molecular formula is C26H10F27N3O5. The topological polar surface area (TPSA) is 114 Å². The van der Waals surface area contributed by atoms with E-state index in [2.05, 4.69) is 14.7 Å². The SMILES string of the molecule is CC(=O)OCNC(=O)c1c(C(F)(F)C(F)(F)C(F)(F)C(F)(F)C(F)(F)C(F)(F)C(F)(F)C(F)(F)C(F)(F)C(F)(F)C(F)(F)C(F)(F)C(F)(F)F)cc(N=C=O)c(N=C=O)c1C. The van der Waals surface area contributed by atoms with Gasteiger partial charge in [0.15, 0.2) is 6.73 Å². The summed E-state index contributed by atoms with van der Waals surface area (Å²) < 4.78 is 382. The molecule has 0 saturated heterocycles. The van der Waals surface area contributed by atoms with Gasteiger partial charge in [-0.3, -0.25) is 9.59 Å². The third-order valence-corrected chi connectivity index (χ3v) is 7.61. The Bertz CT molecular complexity index is 1980. The lowest BCUT2D eigenvalue weighted by molar-refractivity contribution is -0.485. The highest BCUT2D eigenvalue weighted by molar-refractivity contribution is 6.00. The lowest BCUT2D eigenvalue weighted by Crippen LogP contribution is -2.78. The van der Waals surface area contributed by atoms with E-state index in [4.69, 9.17) is 0 Å². The van der Waals surface area contributed by atoms with Gasteiger partial charge in [0, 0.05) is 12.5 Å². The van der Waals surface area contributed by atoms with Gasteiger partial charge in [0.25, 0.3) is 5.91 Å². The summed E-state index contributed by atoms with van der Waals surface area (Å²) in [5.74, 6) is -117. The molecule has 1 N–H and O–H groups in total. The Morgan fingerprint density at radius 1 is 0.541 bits per heavy atom. The van der Waals surface area contributed by atoms with Crippen LogP contribution in [-0.4, -0.2) is 102 Å². The van der Waals surface area contributed by atoms with Crippen LogP contribution >= 0.6 is 0 Å². The Balaban J connectivity index is 4.28. The van der Waals surface area contributed by atoms with Crippen molar-refractivity contribution in [3.8, 4) is 0 Å². The second kappa shape index (κ2) is 15.4. The molecule has 35 heteroatoms. The molecule has 0 aliphatic rings. The summed E-state index contributed by atoms with van der Waals surface area (Å²) in [6.07, 6.45) is -7.43. The van der Waals surface area contributed by atoms with E-state index in [0.717, 1.165) is 0 Å². The normalized spacial score (nSPS) is 14.8.